The number of hydrogen-bond donors (Lipinski definition) is 1. The van der Waals surface area contributed by atoms with Crippen LogP contribution in [-0.2, 0) is 6.42 Å². The molecule has 6 nitrogen and oxygen atoms in total. The normalized spacial score (nSPS) is 13.3. The van der Waals surface area contributed by atoms with Crippen LogP contribution in [0.1, 0.15) is 16.1 Å². The molecule has 0 atom stereocenters. The molecule has 0 spiro atoms. The zero-order valence-electron chi connectivity index (χ0n) is 13.5. The number of carbonyl (C=O) groups is 1. The van der Waals surface area contributed by atoms with Gasteiger partial charge in [0.2, 0.25) is 0 Å². The Morgan fingerprint density at radius 3 is 2.96 bits per heavy atom. The van der Waals surface area contributed by atoms with Crippen LogP contribution < -0.4 is 10.2 Å². The van der Waals surface area contributed by atoms with Gasteiger partial charge in [0.15, 0.2) is 0 Å². The number of carbonyl (C=O) groups excluding carboxylic acids is 1. The lowest BCUT2D eigenvalue weighted by Gasteiger charge is -2.18. The van der Waals surface area contributed by atoms with Gasteiger partial charge >= 0.3 is 0 Å². The van der Waals surface area contributed by atoms with Crippen molar-refractivity contribution in [3.63, 3.8) is 0 Å². The molecule has 0 aliphatic carbocycles. The maximum atomic E-state index is 12.2. The van der Waals surface area contributed by atoms with E-state index in [4.69, 9.17) is 0 Å². The van der Waals surface area contributed by atoms with Gasteiger partial charge in [-0.2, -0.15) is 0 Å². The molecule has 1 aromatic heterocycles. The average Bonchev–Trinajstić information content (AvgIpc) is 2.98. The minimum absolute atomic E-state index is 0.164. The van der Waals surface area contributed by atoms with Crippen LogP contribution in [0, 0.1) is 0 Å². The van der Waals surface area contributed by atoms with E-state index in [9.17, 15) is 4.79 Å². The van der Waals surface area contributed by atoms with E-state index >= 15 is 0 Å². The topological polar surface area (TPSA) is 61.4 Å². The third-order valence-corrected chi connectivity index (χ3v) is 3.89. The van der Waals surface area contributed by atoms with Crippen LogP contribution >= 0.6 is 0 Å². The third-order valence-electron chi connectivity index (χ3n) is 3.89. The first-order valence-corrected chi connectivity index (χ1v) is 7.75. The predicted molar refractivity (Wildman–Crippen MR) is 90.1 cm³/mol. The fraction of sp³-hybridized carbons (Fsp3) is 0.353. The van der Waals surface area contributed by atoms with Gasteiger partial charge in [0.1, 0.15) is 17.8 Å². The van der Waals surface area contributed by atoms with Crippen molar-refractivity contribution in [2.75, 3.05) is 38.6 Å². The minimum Gasteiger partial charge on any atom is -0.349 e. The molecule has 3 rings (SSSR count). The van der Waals surface area contributed by atoms with Gasteiger partial charge in [-0.1, -0.05) is 18.2 Å². The zero-order chi connectivity index (χ0) is 16.2. The summed E-state index contributed by atoms with van der Waals surface area (Å²) >= 11 is 0. The van der Waals surface area contributed by atoms with Crippen molar-refractivity contribution in [2.24, 2.45) is 0 Å². The van der Waals surface area contributed by atoms with Crippen LogP contribution in [0.2, 0.25) is 0 Å². The molecule has 0 radical (unpaired) electrons. The number of nitrogens with zero attached hydrogens (tertiary/aromatic N) is 4. The first-order valence-electron chi connectivity index (χ1n) is 7.75. The molecule has 0 fully saturated rings. The number of para-hydroxylation sites is 1. The van der Waals surface area contributed by atoms with Gasteiger partial charge in [-0.25, -0.2) is 9.97 Å². The van der Waals surface area contributed by atoms with Gasteiger partial charge < -0.3 is 15.1 Å². The molecule has 0 saturated carbocycles. The van der Waals surface area contributed by atoms with Crippen LogP contribution in [0.25, 0.3) is 0 Å². The van der Waals surface area contributed by atoms with Crippen molar-refractivity contribution in [3.05, 3.63) is 47.9 Å². The molecule has 0 saturated heterocycles. The molecule has 120 valence electrons. The number of likely N-dealkylation sites (N-methyl/N-ethyl adjacent to an activating group) is 1. The Kier molecular flexibility index (Phi) is 4.52. The Morgan fingerprint density at radius 1 is 1.30 bits per heavy atom. The molecule has 1 aliphatic heterocycles. The first-order chi connectivity index (χ1) is 11.1. The molecule has 2 heterocycles. The molecule has 1 aromatic carbocycles. The smallest absolute Gasteiger partial charge is 0.270 e. The Hall–Kier alpha value is -2.47. The molecule has 0 unspecified atom stereocenters. The summed E-state index contributed by atoms with van der Waals surface area (Å²) in [5.41, 5.74) is 2.87. The van der Waals surface area contributed by atoms with Crippen molar-refractivity contribution < 1.29 is 4.79 Å². The van der Waals surface area contributed by atoms with Gasteiger partial charge in [0, 0.05) is 31.4 Å². The molecule has 23 heavy (non-hydrogen) atoms. The summed E-state index contributed by atoms with van der Waals surface area (Å²) in [4.78, 5) is 24.8. The number of anilines is 2. The van der Waals surface area contributed by atoms with Gasteiger partial charge in [-0.05, 0) is 32.1 Å². The first kappa shape index (κ1) is 15.4. The van der Waals surface area contributed by atoms with Crippen molar-refractivity contribution in [1.29, 1.82) is 0 Å². The van der Waals surface area contributed by atoms with Crippen LogP contribution in [0.4, 0.5) is 11.5 Å². The summed E-state index contributed by atoms with van der Waals surface area (Å²) in [6.07, 6.45) is 2.45. The van der Waals surface area contributed by atoms with Crippen LogP contribution in [0.15, 0.2) is 36.7 Å². The van der Waals surface area contributed by atoms with Crippen molar-refractivity contribution in [3.8, 4) is 0 Å². The summed E-state index contributed by atoms with van der Waals surface area (Å²) in [5, 5.41) is 2.88. The molecular formula is C17H21N5O. The number of amides is 1. The molecule has 1 N–H and O–H groups in total. The maximum Gasteiger partial charge on any atom is 0.270 e. The fourth-order valence-corrected chi connectivity index (χ4v) is 2.68. The van der Waals surface area contributed by atoms with Crippen molar-refractivity contribution in [1.82, 2.24) is 20.2 Å². The molecule has 0 bridgehead atoms. The summed E-state index contributed by atoms with van der Waals surface area (Å²) in [7, 11) is 3.94. The lowest BCUT2D eigenvalue weighted by Crippen LogP contribution is -2.32. The van der Waals surface area contributed by atoms with E-state index in [1.807, 2.05) is 31.1 Å². The van der Waals surface area contributed by atoms with Crippen LogP contribution in [0.5, 0.6) is 0 Å². The minimum atomic E-state index is -0.164. The lowest BCUT2D eigenvalue weighted by atomic mass is 10.2. The number of benzene rings is 1. The Morgan fingerprint density at radius 2 is 2.13 bits per heavy atom. The zero-order valence-corrected chi connectivity index (χ0v) is 13.5. The quantitative estimate of drug-likeness (QED) is 0.906. The average molecular weight is 311 g/mol. The Bertz CT molecular complexity index is 701. The van der Waals surface area contributed by atoms with E-state index in [1.54, 1.807) is 6.07 Å². The van der Waals surface area contributed by atoms with Gasteiger partial charge in [-0.3, -0.25) is 4.79 Å². The van der Waals surface area contributed by atoms with E-state index < -0.39 is 0 Å². The number of aromatic nitrogens is 2. The molecule has 1 aliphatic rings. The Labute approximate surface area is 136 Å². The number of fused-ring (bicyclic) bond motifs is 1. The second-order valence-corrected chi connectivity index (χ2v) is 5.85. The number of hydrogen-bond acceptors (Lipinski definition) is 5. The maximum absolute atomic E-state index is 12.2. The second kappa shape index (κ2) is 6.75. The number of nitrogens with one attached hydrogen (secondary N) is 1. The van der Waals surface area contributed by atoms with Gasteiger partial charge in [0.25, 0.3) is 5.91 Å². The highest BCUT2D eigenvalue weighted by molar-refractivity contribution is 5.93. The summed E-state index contributed by atoms with van der Waals surface area (Å²) in [6.45, 7) is 2.26. The van der Waals surface area contributed by atoms with E-state index in [2.05, 4.69) is 32.3 Å². The van der Waals surface area contributed by atoms with Crippen molar-refractivity contribution >= 4 is 17.4 Å². The second-order valence-electron chi connectivity index (χ2n) is 5.85. The lowest BCUT2D eigenvalue weighted by molar-refractivity contribution is 0.0946. The van der Waals surface area contributed by atoms with E-state index in [0.717, 1.165) is 31.0 Å². The highest BCUT2D eigenvalue weighted by Gasteiger charge is 2.21. The number of rotatable bonds is 5. The SMILES string of the molecule is CN(C)CCNC(=O)c1cc(N2CCc3ccccc32)ncn1. The fourth-order valence-electron chi connectivity index (χ4n) is 2.68. The highest BCUT2D eigenvalue weighted by Crippen LogP contribution is 2.32. The summed E-state index contributed by atoms with van der Waals surface area (Å²) in [5.74, 6) is 0.602. The monoisotopic (exact) mass is 311 g/mol. The predicted octanol–water partition coefficient (Wildman–Crippen LogP) is 1.46. The van der Waals surface area contributed by atoms with Gasteiger partial charge in [0.05, 0.1) is 0 Å². The molecule has 6 heteroatoms. The Balaban J connectivity index is 1.75. The van der Waals surface area contributed by atoms with E-state index in [0.29, 0.717) is 12.2 Å². The van der Waals surface area contributed by atoms with E-state index in [1.165, 1.54) is 11.9 Å². The van der Waals surface area contributed by atoms with Crippen LogP contribution in [0.3, 0.4) is 0 Å². The van der Waals surface area contributed by atoms with Crippen LogP contribution in [-0.4, -0.2) is 54.5 Å². The molecular weight excluding hydrogens is 290 g/mol. The summed E-state index contributed by atoms with van der Waals surface area (Å²) in [6, 6.07) is 10.0. The molecule has 1 amide bonds. The van der Waals surface area contributed by atoms with E-state index in [-0.39, 0.29) is 5.91 Å². The third kappa shape index (κ3) is 3.48. The summed E-state index contributed by atoms with van der Waals surface area (Å²) < 4.78 is 0. The largest absolute Gasteiger partial charge is 0.349 e. The van der Waals surface area contributed by atoms with Gasteiger partial charge in [-0.15, -0.1) is 0 Å². The molecule has 2 aromatic rings. The highest BCUT2D eigenvalue weighted by atomic mass is 16.1. The standard InChI is InChI=1S/C17H21N5O/c1-21(2)10-8-18-17(23)14-11-16(20-12-19-14)22-9-7-13-5-3-4-6-15(13)22/h3-6,11-12H,7-10H2,1-2H3,(H,18,23). The van der Waals surface area contributed by atoms with Crippen molar-refractivity contribution in [2.45, 2.75) is 6.42 Å².